The van der Waals surface area contributed by atoms with E-state index in [1.54, 1.807) is 24.0 Å². The van der Waals surface area contributed by atoms with Crippen molar-refractivity contribution in [3.05, 3.63) is 46.2 Å². The lowest BCUT2D eigenvalue weighted by atomic mass is 9.90. The molecule has 33 heavy (non-hydrogen) atoms. The van der Waals surface area contributed by atoms with Gasteiger partial charge in [0.15, 0.2) is 5.78 Å². The normalized spacial score (nSPS) is 18.8. The molecule has 0 bridgehead atoms. The van der Waals surface area contributed by atoms with Gasteiger partial charge in [-0.15, -0.1) is 0 Å². The van der Waals surface area contributed by atoms with Gasteiger partial charge in [0.2, 0.25) is 5.91 Å². The number of piperidine rings is 1. The van der Waals surface area contributed by atoms with Crippen molar-refractivity contribution >= 4 is 34.9 Å². The van der Waals surface area contributed by atoms with Gasteiger partial charge in [-0.05, 0) is 56.7 Å². The number of nitrogens with zero attached hydrogens (tertiary/aromatic N) is 3. The molecule has 0 radical (unpaired) electrons. The molecule has 10 heteroatoms. The van der Waals surface area contributed by atoms with Crippen LogP contribution in [0.2, 0.25) is 5.02 Å². The molecule has 2 fully saturated rings. The number of nitrogens with one attached hydrogen (secondary N) is 1. The van der Waals surface area contributed by atoms with Gasteiger partial charge in [0.05, 0.1) is 10.6 Å². The third-order valence-electron chi connectivity index (χ3n) is 5.91. The second-order valence-corrected chi connectivity index (χ2v) is 9.19. The molecule has 1 saturated carbocycles. The molecule has 0 spiro atoms. The molecule has 2 aromatic heterocycles. The Bertz CT molecular complexity index is 1070. The highest BCUT2D eigenvalue weighted by molar-refractivity contribution is 6.30. The van der Waals surface area contributed by atoms with Gasteiger partial charge in [-0.3, -0.25) is 9.59 Å². The van der Waals surface area contributed by atoms with Crippen LogP contribution >= 0.6 is 11.6 Å². The molecule has 1 amide bonds. The van der Waals surface area contributed by atoms with Crippen molar-refractivity contribution in [3.63, 3.8) is 0 Å². The first-order chi connectivity index (χ1) is 15.6. The molecule has 176 valence electrons. The maximum atomic E-state index is 13.5. The number of alkyl halides is 3. The fraction of sp³-hybridized carbons (Fsp3) is 0.478. The number of carbonyl (C=O) groups excluding carboxylic acids is 2. The number of amides is 1. The average molecular weight is 481 g/mol. The average Bonchev–Trinajstić information content (AvgIpc) is 3.58. The molecule has 0 unspecified atom stereocenters. The Morgan fingerprint density at radius 2 is 1.97 bits per heavy atom. The van der Waals surface area contributed by atoms with Crippen LogP contribution in [0.4, 0.5) is 24.8 Å². The van der Waals surface area contributed by atoms with Crippen LogP contribution in [0, 0.1) is 18.8 Å². The maximum absolute atomic E-state index is 13.5. The highest BCUT2D eigenvalue weighted by Crippen LogP contribution is 2.38. The Balaban J connectivity index is 1.46. The quantitative estimate of drug-likeness (QED) is 0.568. The van der Waals surface area contributed by atoms with E-state index in [0.717, 1.165) is 25.3 Å². The van der Waals surface area contributed by atoms with Gasteiger partial charge in [0.25, 0.3) is 0 Å². The predicted octanol–water partition coefficient (Wildman–Crippen LogP) is 5.30. The number of anilines is 2. The first-order valence-electron chi connectivity index (χ1n) is 10.9. The lowest BCUT2D eigenvalue weighted by molar-refractivity contribution is -0.137. The number of aryl methyl sites for hydroxylation is 1. The summed E-state index contributed by atoms with van der Waals surface area (Å²) in [6, 6.07) is 4.12. The lowest BCUT2D eigenvalue weighted by Gasteiger charge is -2.34. The molecular formula is C23H24ClF3N4O2. The van der Waals surface area contributed by atoms with E-state index >= 15 is 0 Å². The topological polar surface area (TPSA) is 75.2 Å². The second-order valence-electron chi connectivity index (χ2n) is 8.75. The van der Waals surface area contributed by atoms with E-state index < -0.39 is 11.7 Å². The van der Waals surface area contributed by atoms with E-state index in [2.05, 4.69) is 15.3 Å². The number of carbonyl (C=O) groups is 2. The number of hydrogen-bond acceptors (Lipinski definition) is 5. The van der Waals surface area contributed by atoms with E-state index in [9.17, 15) is 22.8 Å². The van der Waals surface area contributed by atoms with Crippen LogP contribution < -0.4 is 10.2 Å². The van der Waals surface area contributed by atoms with Crippen LogP contribution in [0.1, 0.15) is 53.7 Å². The molecule has 4 rings (SSSR count). The summed E-state index contributed by atoms with van der Waals surface area (Å²) in [5, 5.41) is 2.68. The zero-order chi connectivity index (χ0) is 23.8. The summed E-state index contributed by atoms with van der Waals surface area (Å²) in [5.41, 5.74) is 0.173. The SMILES string of the molecule is Cc1cc(C(=O)C[C@@H]2CCCN(c3ncc(Cl)cc3C(F)(F)F)C2)cc(NC(=O)C2CC2)n1. The van der Waals surface area contributed by atoms with E-state index in [1.165, 1.54) is 6.20 Å². The number of aromatic nitrogens is 2. The fourth-order valence-corrected chi connectivity index (χ4v) is 4.32. The summed E-state index contributed by atoms with van der Waals surface area (Å²) >= 11 is 5.75. The molecule has 0 aromatic carbocycles. The molecular weight excluding hydrogens is 457 g/mol. The summed E-state index contributed by atoms with van der Waals surface area (Å²) < 4.78 is 40.5. The molecule has 1 N–H and O–H groups in total. The van der Waals surface area contributed by atoms with Gasteiger partial charge >= 0.3 is 6.18 Å². The van der Waals surface area contributed by atoms with Crippen molar-refractivity contribution < 1.29 is 22.8 Å². The van der Waals surface area contributed by atoms with Crippen molar-refractivity contribution in [1.29, 1.82) is 0 Å². The molecule has 1 aliphatic carbocycles. The summed E-state index contributed by atoms with van der Waals surface area (Å²) in [5.74, 6) is -0.139. The van der Waals surface area contributed by atoms with Crippen molar-refractivity contribution in [2.24, 2.45) is 11.8 Å². The highest BCUT2D eigenvalue weighted by atomic mass is 35.5. The maximum Gasteiger partial charge on any atom is 0.420 e. The van der Waals surface area contributed by atoms with Crippen molar-refractivity contribution in [3.8, 4) is 0 Å². The minimum atomic E-state index is -4.58. The standard InChI is InChI=1S/C23H24ClF3N4O2/c1-13-7-16(9-20(29-13)30-22(33)15-4-5-15)19(32)8-14-3-2-6-31(12-14)21-18(23(25,26)27)10-17(24)11-28-21/h7,9-11,14-15H,2-6,8,12H2,1H3,(H,29,30,33)/t14-/m0/s1. The van der Waals surface area contributed by atoms with Crippen molar-refractivity contribution in [2.45, 2.75) is 45.2 Å². The van der Waals surface area contributed by atoms with Crippen molar-refractivity contribution in [1.82, 2.24) is 9.97 Å². The van der Waals surface area contributed by atoms with Crippen LogP contribution in [0.5, 0.6) is 0 Å². The van der Waals surface area contributed by atoms with Crippen LogP contribution in [-0.2, 0) is 11.0 Å². The molecule has 1 saturated heterocycles. The lowest BCUT2D eigenvalue weighted by Crippen LogP contribution is -2.38. The molecule has 2 aromatic rings. The Morgan fingerprint density at radius 1 is 1.21 bits per heavy atom. The van der Waals surface area contributed by atoms with Crippen LogP contribution in [0.3, 0.4) is 0 Å². The zero-order valence-electron chi connectivity index (χ0n) is 18.1. The highest BCUT2D eigenvalue weighted by Gasteiger charge is 2.37. The van der Waals surface area contributed by atoms with Gasteiger partial charge in [0, 0.05) is 42.9 Å². The minimum absolute atomic E-state index is 0.0164. The van der Waals surface area contributed by atoms with Gasteiger partial charge in [0.1, 0.15) is 11.6 Å². The molecule has 1 atom stereocenters. The fourth-order valence-electron chi connectivity index (χ4n) is 4.16. The summed E-state index contributed by atoms with van der Waals surface area (Å²) in [4.78, 5) is 34.8. The molecule has 2 aliphatic rings. The van der Waals surface area contributed by atoms with Gasteiger partial charge in [-0.25, -0.2) is 9.97 Å². The molecule has 6 nitrogen and oxygen atoms in total. The summed E-state index contributed by atoms with van der Waals surface area (Å²) in [6.07, 6.45) is -0.0840. The second kappa shape index (κ2) is 9.29. The van der Waals surface area contributed by atoms with Crippen LogP contribution in [0.25, 0.3) is 0 Å². The molecule has 3 heterocycles. The van der Waals surface area contributed by atoms with Crippen LogP contribution in [-0.4, -0.2) is 34.7 Å². The first-order valence-corrected chi connectivity index (χ1v) is 11.3. The van der Waals surface area contributed by atoms with E-state index in [0.29, 0.717) is 36.6 Å². The van der Waals surface area contributed by atoms with E-state index in [-0.39, 0.29) is 40.8 Å². The number of Topliss-reactive ketones (excluding diaryl/α,β-unsaturated/α-hetero) is 1. The largest absolute Gasteiger partial charge is 0.420 e. The minimum Gasteiger partial charge on any atom is -0.356 e. The predicted molar refractivity (Wildman–Crippen MR) is 118 cm³/mol. The smallest absolute Gasteiger partial charge is 0.356 e. The van der Waals surface area contributed by atoms with E-state index in [4.69, 9.17) is 11.6 Å². The number of halogens is 4. The first kappa shape index (κ1) is 23.5. The van der Waals surface area contributed by atoms with Gasteiger partial charge < -0.3 is 10.2 Å². The Hall–Kier alpha value is -2.68. The Morgan fingerprint density at radius 3 is 2.67 bits per heavy atom. The van der Waals surface area contributed by atoms with E-state index in [1.807, 2.05) is 0 Å². The monoisotopic (exact) mass is 480 g/mol. The Kier molecular flexibility index (Phi) is 6.61. The van der Waals surface area contributed by atoms with Crippen molar-refractivity contribution in [2.75, 3.05) is 23.3 Å². The third-order valence-corrected chi connectivity index (χ3v) is 6.11. The van der Waals surface area contributed by atoms with Crippen LogP contribution in [0.15, 0.2) is 24.4 Å². The Labute approximate surface area is 194 Å². The zero-order valence-corrected chi connectivity index (χ0v) is 18.8. The number of pyridine rings is 2. The van der Waals surface area contributed by atoms with Gasteiger partial charge in [-0.1, -0.05) is 11.6 Å². The number of rotatable bonds is 6. The molecule has 1 aliphatic heterocycles. The number of hydrogen-bond donors (Lipinski definition) is 1. The summed E-state index contributed by atoms with van der Waals surface area (Å²) in [6.45, 7) is 2.46. The number of ketones is 1. The third kappa shape index (κ3) is 5.82. The summed E-state index contributed by atoms with van der Waals surface area (Å²) in [7, 11) is 0. The van der Waals surface area contributed by atoms with Gasteiger partial charge in [-0.2, -0.15) is 13.2 Å².